The van der Waals surface area contributed by atoms with E-state index in [1.807, 2.05) is 38.4 Å². The summed E-state index contributed by atoms with van der Waals surface area (Å²) in [6.45, 7) is 1.57. The Kier molecular flexibility index (Phi) is 5.30. The lowest BCUT2D eigenvalue weighted by atomic mass is 9.87. The van der Waals surface area contributed by atoms with Crippen molar-refractivity contribution in [2.24, 2.45) is 5.92 Å². The molecule has 8 nitrogen and oxygen atoms in total. The van der Waals surface area contributed by atoms with Gasteiger partial charge in [0.2, 0.25) is 5.91 Å². The largest absolute Gasteiger partial charge is 0.367 e. The lowest BCUT2D eigenvalue weighted by Crippen LogP contribution is -2.31. The second-order valence-electron chi connectivity index (χ2n) is 8.51. The van der Waals surface area contributed by atoms with Gasteiger partial charge in [-0.05, 0) is 38.9 Å². The van der Waals surface area contributed by atoms with Crippen LogP contribution < -0.4 is 16.2 Å². The predicted octanol–water partition coefficient (Wildman–Crippen LogP) is 2.28. The van der Waals surface area contributed by atoms with Gasteiger partial charge < -0.3 is 15.5 Å². The fraction of sp³-hybridized carbons (Fsp3) is 0.391. The zero-order chi connectivity index (χ0) is 22.4. The Labute approximate surface area is 189 Å². The van der Waals surface area contributed by atoms with Crippen molar-refractivity contribution in [1.29, 1.82) is 0 Å². The van der Waals surface area contributed by atoms with E-state index in [0.29, 0.717) is 36.2 Å². The van der Waals surface area contributed by atoms with E-state index in [0.717, 1.165) is 39.0 Å². The molecule has 166 valence electrons. The number of hydrogen-bond donors (Lipinski definition) is 2. The summed E-state index contributed by atoms with van der Waals surface area (Å²) in [5, 5.41) is 13.3. The number of thiophene rings is 1. The van der Waals surface area contributed by atoms with E-state index in [-0.39, 0.29) is 17.4 Å². The average molecular weight is 451 g/mol. The fourth-order valence-corrected chi connectivity index (χ4v) is 5.77. The Hall–Kier alpha value is -3.04. The van der Waals surface area contributed by atoms with Crippen molar-refractivity contribution in [3.63, 3.8) is 0 Å². The first-order valence-electron chi connectivity index (χ1n) is 10.8. The number of nitrogens with zero attached hydrogens (tertiary/aromatic N) is 4. The predicted molar refractivity (Wildman–Crippen MR) is 129 cm³/mol. The van der Waals surface area contributed by atoms with Gasteiger partial charge in [0.25, 0.3) is 5.56 Å². The maximum absolute atomic E-state index is 13.6. The molecule has 1 aliphatic rings. The van der Waals surface area contributed by atoms with E-state index >= 15 is 0 Å². The first-order chi connectivity index (χ1) is 15.5. The molecule has 3 heterocycles. The summed E-state index contributed by atoms with van der Waals surface area (Å²) in [7, 11) is 5.71. The lowest BCUT2D eigenvalue weighted by Gasteiger charge is -2.20. The van der Waals surface area contributed by atoms with E-state index in [2.05, 4.69) is 20.6 Å². The van der Waals surface area contributed by atoms with Crippen molar-refractivity contribution in [3.05, 3.63) is 45.1 Å². The molecule has 0 saturated carbocycles. The van der Waals surface area contributed by atoms with Gasteiger partial charge >= 0.3 is 0 Å². The van der Waals surface area contributed by atoms with Gasteiger partial charge in [0, 0.05) is 41.7 Å². The van der Waals surface area contributed by atoms with Gasteiger partial charge in [-0.1, -0.05) is 24.3 Å². The molecule has 0 spiro atoms. The molecule has 1 aromatic carbocycles. The highest BCUT2D eigenvalue weighted by molar-refractivity contribution is 7.18. The molecule has 0 aliphatic heterocycles. The van der Waals surface area contributed by atoms with Crippen molar-refractivity contribution in [1.82, 2.24) is 24.8 Å². The number of hydrogen-bond acceptors (Lipinski definition) is 7. The summed E-state index contributed by atoms with van der Waals surface area (Å²) in [5.41, 5.74) is 1.47. The molecule has 1 amide bonds. The van der Waals surface area contributed by atoms with Crippen LogP contribution in [-0.4, -0.2) is 59.6 Å². The quantitative estimate of drug-likeness (QED) is 0.454. The van der Waals surface area contributed by atoms with Gasteiger partial charge in [-0.3, -0.25) is 9.59 Å². The van der Waals surface area contributed by atoms with Gasteiger partial charge in [-0.15, -0.1) is 16.4 Å². The summed E-state index contributed by atoms with van der Waals surface area (Å²) in [5.74, 6) is 0.690. The molecule has 2 N–H and O–H groups in total. The van der Waals surface area contributed by atoms with Crippen LogP contribution >= 0.6 is 11.3 Å². The van der Waals surface area contributed by atoms with Gasteiger partial charge in [-0.2, -0.15) is 4.52 Å². The SMILES string of the molecule is CNC(=O)C1CCc2c(sc3nc4c5ccccc5c(NCCN(C)C)nn4c(=O)c23)C1. The van der Waals surface area contributed by atoms with Crippen LogP contribution in [-0.2, 0) is 17.6 Å². The third-order valence-corrected chi connectivity index (χ3v) is 7.30. The number of anilines is 1. The zero-order valence-corrected chi connectivity index (χ0v) is 19.3. The highest BCUT2D eigenvalue weighted by atomic mass is 32.1. The molecule has 1 unspecified atom stereocenters. The maximum Gasteiger partial charge on any atom is 0.283 e. The number of carbonyl (C=O) groups excluding carboxylic acids is 1. The molecular formula is C23H26N6O2S. The molecule has 0 radical (unpaired) electrons. The highest BCUT2D eigenvalue weighted by Crippen LogP contribution is 2.36. The number of aryl methyl sites for hydroxylation is 1. The van der Waals surface area contributed by atoms with Crippen LogP contribution in [0, 0.1) is 5.92 Å². The third-order valence-electron chi connectivity index (χ3n) is 6.15. The number of carbonyl (C=O) groups is 1. The summed E-state index contributed by atoms with van der Waals surface area (Å²) in [6.07, 6.45) is 2.10. The van der Waals surface area contributed by atoms with E-state index in [9.17, 15) is 9.59 Å². The Balaban J connectivity index is 1.69. The normalized spacial score (nSPS) is 16.1. The van der Waals surface area contributed by atoms with E-state index in [1.165, 1.54) is 15.9 Å². The summed E-state index contributed by atoms with van der Waals surface area (Å²) >= 11 is 1.54. The number of likely N-dealkylation sites (N-methyl/N-ethyl adjacent to an activating group) is 1. The molecule has 0 saturated heterocycles. The second-order valence-corrected chi connectivity index (χ2v) is 9.60. The smallest absolute Gasteiger partial charge is 0.283 e. The lowest BCUT2D eigenvalue weighted by molar-refractivity contribution is -0.124. The van der Waals surface area contributed by atoms with Crippen LogP contribution in [0.15, 0.2) is 29.1 Å². The van der Waals surface area contributed by atoms with Crippen LogP contribution in [0.3, 0.4) is 0 Å². The summed E-state index contributed by atoms with van der Waals surface area (Å²) in [4.78, 5) is 34.6. The van der Waals surface area contributed by atoms with Crippen LogP contribution in [0.2, 0.25) is 0 Å². The van der Waals surface area contributed by atoms with Crippen molar-refractivity contribution in [2.75, 3.05) is 39.5 Å². The molecule has 5 rings (SSSR count). The Bertz CT molecular complexity index is 1410. The molecule has 1 atom stereocenters. The van der Waals surface area contributed by atoms with Gasteiger partial charge in [0.1, 0.15) is 4.83 Å². The van der Waals surface area contributed by atoms with E-state index < -0.39 is 0 Å². The standard InChI is InChI=1S/C23H26N6O2S/c1-24-21(30)13-8-9-16-17(12-13)32-22-18(16)23(31)29-20(26-22)15-7-5-4-6-14(15)19(27-29)25-10-11-28(2)3/h4-7,13H,8-12H2,1-3H3,(H,24,30)(H,25,27). The Morgan fingerprint density at radius 3 is 2.81 bits per heavy atom. The molecule has 0 bridgehead atoms. The molecule has 1 aliphatic carbocycles. The first-order valence-corrected chi connectivity index (χ1v) is 11.7. The number of rotatable bonds is 5. The van der Waals surface area contributed by atoms with E-state index in [1.54, 1.807) is 7.05 Å². The van der Waals surface area contributed by atoms with Crippen LogP contribution in [0.25, 0.3) is 26.6 Å². The van der Waals surface area contributed by atoms with Crippen LogP contribution in [0.4, 0.5) is 5.82 Å². The Morgan fingerprint density at radius 2 is 2.06 bits per heavy atom. The van der Waals surface area contributed by atoms with Crippen molar-refractivity contribution in [2.45, 2.75) is 19.3 Å². The summed E-state index contributed by atoms with van der Waals surface area (Å²) < 4.78 is 1.44. The topological polar surface area (TPSA) is 91.6 Å². The first kappa shape index (κ1) is 20.8. The highest BCUT2D eigenvalue weighted by Gasteiger charge is 2.29. The fourth-order valence-electron chi connectivity index (χ4n) is 4.48. The van der Waals surface area contributed by atoms with Crippen molar-refractivity contribution in [3.8, 4) is 0 Å². The molecule has 0 fully saturated rings. The average Bonchev–Trinajstić information content (AvgIpc) is 3.16. The molecular weight excluding hydrogens is 424 g/mol. The molecule has 3 aromatic heterocycles. The van der Waals surface area contributed by atoms with Crippen molar-refractivity contribution < 1.29 is 4.79 Å². The minimum atomic E-state index is -0.137. The molecule has 32 heavy (non-hydrogen) atoms. The van der Waals surface area contributed by atoms with Gasteiger partial charge in [0.15, 0.2) is 11.5 Å². The number of benzene rings is 1. The Morgan fingerprint density at radius 1 is 1.28 bits per heavy atom. The van der Waals surface area contributed by atoms with Gasteiger partial charge in [0.05, 0.1) is 5.39 Å². The number of nitrogens with one attached hydrogen (secondary N) is 2. The maximum atomic E-state index is 13.6. The van der Waals surface area contributed by atoms with Crippen molar-refractivity contribution >= 4 is 49.7 Å². The number of aromatic nitrogens is 3. The second kappa shape index (κ2) is 8.14. The number of fused-ring (bicyclic) bond motifs is 6. The van der Waals surface area contributed by atoms with Crippen LogP contribution in [0.1, 0.15) is 16.9 Å². The van der Waals surface area contributed by atoms with Crippen LogP contribution in [0.5, 0.6) is 0 Å². The zero-order valence-electron chi connectivity index (χ0n) is 18.4. The minimum Gasteiger partial charge on any atom is -0.367 e. The van der Waals surface area contributed by atoms with E-state index in [4.69, 9.17) is 4.98 Å². The molecule has 9 heteroatoms. The summed E-state index contributed by atoms with van der Waals surface area (Å²) in [6, 6.07) is 7.91. The van der Waals surface area contributed by atoms with Gasteiger partial charge in [-0.25, -0.2) is 4.98 Å². The third kappa shape index (κ3) is 3.41. The molecule has 4 aromatic rings. The minimum absolute atomic E-state index is 0.0517. The number of amides is 1. The monoisotopic (exact) mass is 450 g/mol.